The van der Waals surface area contributed by atoms with Crippen LogP contribution in [-0.2, 0) is 17.6 Å². The van der Waals surface area contributed by atoms with Gasteiger partial charge in [-0.15, -0.1) is 0 Å². The smallest absolute Gasteiger partial charge is 0.416 e. The van der Waals surface area contributed by atoms with Crippen molar-refractivity contribution in [2.24, 2.45) is 5.92 Å². The zero-order chi connectivity index (χ0) is 26.2. The van der Waals surface area contributed by atoms with E-state index >= 15 is 0 Å². The summed E-state index contributed by atoms with van der Waals surface area (Å²) in [6.45, 7) is -0.00107. The average molecular weight is 502 g/mol. The Morgan fingerprint density at radius 2 is 1.68 bits per heavy atom. The number of ether oxygens (including phenoxy) is 1. The van der Waals surface area contributed by atoms with Crippen LogP contribution in [0, 0.1) is 17.2 Å². The molecule has 1 aliphatic rings. The molecule has 1 aromatic heterocycles. The lowest BCUT2D eigenvalue weighted by atomic mass is 9.96. The van der Waals surface area contributed by atoms with E-state index in [1.165, 1.54) is 0 Å². The number of rotatable bonds is 5. The lowest BCUT2D eigenvalue weighted by molar-refractivity contribution is -0.137. The van der Waals surface area contributed by atoms with Crippen molar-refractivity contribution < 1.29 is 27.5 Å². The number of nitrogens with one attached hydrogen (secondary N) is 1. The van der Waals surface area contributed by atoms with E-state index < -0.39 is 29.3 Å². The van der Waals surface area contributed by atoms with Gasteiger partial charge >= 0.3 is 6.18 Å². The van der Waals surface area contributed by atoms with Gasteiger partial charge in [0.1, 0.15) is 18.1 Å². The van der Waals surface area contributed by atoms with Crippen LogP contribution in [0.3, 0.4) is 0 Å². The summed E-state index contributed by atoms with van der Waals surface area (Å²) < 4.78 is 45.9. The Bertz CT molecular complexity index is 1540. The molecule has 1 unspecified atom stereocenters. The molecule has 1 N–H and O–H groups in total. The molecule has 7 nitrogen and oxygen atoms in total. The van der Waals surface area contributed by atoms with E-state index in [2.05, 4.69) is 10.4 Å². The normalized spacial score (nSPS) is 12.9. The van der Waals surface area contributed by atoms with Gasteiger partial charge in [0.25, 0.3) is 0 Å². The maximum absolute atomic E-state index is 13.5. The van der Waals surface area contributed by atoms with Crippen LogP contribution in [0.4, 0.5) is 18.9 Å². The number of halogens is 3. The molecule has 184 valence electrons. The number of Topliss-reactive ketones (excluding diaryl/α,β-unsaturated/α-hetero) is 1. The van der Waals surface area contributed by atoms with Gasteiger partial charge in [-0.2, -0.15) is 23.5 Å². The molecule has 1 aliphatic heterocycles. The Hall–Kier alpha value is -4.91. The first-order valence-electron chi connectivity index (χ1n) is 11.1. The first-order chi connectivity index (χ1) is 17.8. The molecule has 0 aliphatic carbocycles. The van der Waals surface area contributed by atoms with Gasteiger partial charge in [-0.1, -0.05) is 30.3 Å². The second-order valence-electron chi connectivity index (χ2n) is 8.20. The molecule has 4 aromatic rings. The lowest BCUT2D eigenvalue weighted by Crippen LogP contribution is -2.29. The van der Waals surface area contributed by atoms with Crippen molar-refractivity contribution in [3.63, 3.8) is 0 Å². The Morgan fingerprint density at radius 3 is 2.35 bits per heavy atom. The molecule has 1 atom stereocenters. The standard InChI is InChI=1S/C27H17F3N4O3/c28-27(29,30)16-10-12-17(13-11-16)32-26(36)20(14-31)25(35)23-21-15-37-22-9-5-4-8-19(22)24(21)34(33-23)18-6-2-1-3-7-18/h1-13,20H,15H2,(H,32,36). The minimum atomic E-state index is -4.54. The number of nitrogens with zero attached hydrogens (tertiary/aromatic N) is 3. The minimum Gasteiger partial charge on any atom is -0.488 e. The van der Waals surface area contributed by atoms with Crippen molar-refractivity contribution in [2.45, 2.75) is 12.8 Å². The Kier molecular flexibility index (Phi) is 5.97. The van der Waals surface area contributed by atoms with Gasteiger partial charge in [-0.3, -0.25) is 9.59 Å². The fourth-order valence-electron chi connectivity index (χ4n) is 4.09. The number of amides is 1. The SMILES string of the molecule is N#CC(C(=O)Nc1ccc(C(F)(F)F)cc1)C(=O)c1nn(-c2ccccc2)c2c1COc1ccccc1-2. The van der Waals surface area contributed by atoms with Crippen LogP contribution in [0.1, 0.15) is 21.6 Å². The summed E-state index contributed by atoms with van der Waals surface area (Å²) in [5.74, 6) is -3.01. The van der Waals surface area contributed by atoms with E-state index in [0.717, 1.165) is 24.3 Å². The zero-order valence-corrected chi connectivity index (χ0v) is 19.0. The van der Waals surface area contributed by atoms with E-state index in [0.29, 0.717) is 28.3 Å². The number of ketones is 1. The number of alkyl halides is 3. The van der Waals surface area contributed by atoms with Crippen LogP contribution >= 0.6 is 0 Å². The number of hydrogen-bond donors (Lipinski definition) is 1. The van der Waals surface area contributed by atoms with Crippen LogP contribution in [0.25, 0.3) is 16.9 Å². The fraction of sp³-hybridized carbons (Fsp3) is 0.111. The van der Waals surface area contributed by atoms with Crippen molar-refractivity contribution in [2.75, 3.05) is 5.32 Å². The summed E-state index contributed by atoms with van der Waals surface area (Å²) in [6.07, 6.45) is -4.54. The van der Waals surface area contributed by atoms with Gasteiger partial charge in [0.05, 0.1) is 23.0 Å². The molecule has 0 spiro atoms. The van der Waals surface area contributed by atoms with E-state index in [-0.39, 0.29) is 18.0 Å². The van der Waals surface area contributed by atoms with Gasteiger partial charge in [-0.25, -0.2) is 4.68 Å². The number of nitriles is 1. The minimum absolute atomic E-state index is 0.00107. The van der Waals surface area contributed by atoms with Crippen LogP contribution in [0.2, 0.25) is 0 Å². The summed E-state index contributed by atoms with van der Waals surface area (Å²) in [4.78, 5) is 26.3. The molecule has 0 saturated heterocycles. The van der Waals surface area contributed by atoms with E-state index in [4.69, 9.17) is 4.74 Å². The summed E-state index contributed by atoms with van der Waals surface area (Å²) >= 11 is 0. The van der Waals surface area contributed by atoms with E-state index in [1.807, 2.05) is 36.4 Å². The van der Waals surface area contributed by atoms with Crippen LogP contribution in [0.5, 0.6) is 5.75 Å². The van der Waals surface area contributed by atoms with Gasteiger partial charge < -0.3 is 10.1 Å². The third-order valence-electron chi connectivity index (χ3n) is 5.87. The average Bonchev–Trinajstić information content (AvgIpc) is 3.30. The monoisotopic (exact) mass is 502 g/mol. The van der Waals surface area contributed by atoms with Crippen molar-refractivity contribution in [1.29, 1.82) is 5.26 Å². The molecule has 3 aromatic carbocycles. The number of fused-ring (bicyclic) bond motifs is 3. The second-order valence-corrected chi connectivity index (χ2v) is 8.20. The number of benzene rings is 3. The Balaban J connectivity index is 1.50. The highest BCUT2D eigenvalue weighted by molar-refractivity contribution is 6.15. The molecule has 0 bridgehead atoms. The summed E-state index contributed by atoms with van der Waals surface area (Å²) in [5, 5.41) is 16.5. The highest BCUT2D eigenvalue weighted by Crippen LogP contribution is 2.40. The Labute approximate surface area is 208 Å². The van der Waals surface area contributed by atoms with Crippen molar-refractivity contribution in [3.8, 4) is 28.8 Å². The van der Waals surface area contributed by atoms with Gasteiger partial charge in [0.15, 0.2) is 5.92 Å². The largest absolute Gasteiger partial charge is 0.488 e. The van der Waals surface area contributed by atoms with Crippen LogP contribution in [-0.4, -0.2) is 21.5 Å². The summed E-state index contributed by atoms with van der Waals surface area (Å²) in [5.41, 5.74) is 1.42. The number of carbonyl (C=O) groups is 2. The molecule has 0 radical (unpaired) electrons. The summed E-state index contributed by atoms with van der Waals surface area (Å²) in [7, 11) is 0. The Morgan fingerprint density at radius 1 is 1.00 bits per heavy atom. The number of aromatic nitrogens is 2. The molecule has 2 heterocycles. The molecule has 5 rings (SSSR count). The topological polar surface area (TPSA) is 97.0 Å². The molecular formula is C27H17F3N4O3. The highest BCUT2D eigenvalue weighted by atomic mass is 19.4. The number of hydrogen-bond acceptors (Lipinski definition) is 5. The van der Waals surface area contributed by atoms with Crippen LogP contribution in [0.15, 0.2) is 78.9 Å². The highest BCUT2D eigenvalue weighted by Gasteiger charge is 2.36. The van der Waals surface area contributed by atoms with Crippen LogP contribution < -0.4 is 10.1 Å². The molecule has 37 heavy (non-hydrogen) atoms. The predicted molar refractivity (Wildman–Crippen MR) is 127 cm³/mol. The maximum Gasteiger partial charge on any atom is 0.416 e. The van der Waals surface area contributed by atoms with Crippen molar-refractivity contribution >= 4 is 17.4 Å². The first-order valence-corrected chi connectivity index (χ1v) is 11.1. The first kappa shape index (κ1) is 23.8. The maximum atomic E-state index is 13.5. The molecular weight excluding hydrogens is 485 g/mol. The molecule has 1 amide bonds. The third kappa shape index (κ3) is 4.43. The number of carbonyl (C=O) groups excluding carboxylic acids is 2. The molecule has 10 heteroatoms. The second kappa shape index (κ2) is 9.28. The molecule has 0 fully saturated rings. The zero-order valence-electron chi connectivity index (χ0n) is 19.0. The van der Waals surface area contributed by atoms with Crippen molar-refractivity contribution in [1.82, 2.24) is 9.78 Å². The van der Waals surface area contributed by atoms with E-state index in [1.54, 1.807) is 29.0 Å². The van der Waals surface area contributed by atoms with Gasteiger partial charge in [0, 0.05) is 16.8 Å². The van der Waals surface area contributed by atoms with Crippen molar-refractivity contribution in [3.05, 3.63) is 95.7 Å². The molecule has 0 saturated carbocycles. The predicted octanol–water partition coefficient (Wildman–Crippen LogP) is 5.41. The number of anilines is 1. The van der Waals surface area contributed by atoms with Gasteiger partial charge in [-0.05, 0) is 48.5 Å². The van der Waals surface area contributed by atoms with E-state index in [9.17, 15) is 28.0 Å². The quantitative estimate of drug-likeness (QED) is 0.291. The fourth-order valence-corrected chi connectivity index (χ4v) is 4.09. The van der Waals surface area contributed by atoms with Gasteiger partial charge in [0.2, 0.25) is 11.7 Å². The lowest BCUT2D eigenvalue weighted by Gasteiger charge is -2.19. The number of para-hydroxylation sites is 2. The summed E-state index contributed by atoms with van der Waals surface area (Å²) in [6, 6.07) is 21.7. The third-order valence-corrected chi connectivity index (χ3v) is 5.87.